The van der Waals surface area contributed by atoms with Crippen LogP contribution in [-0.4, -0.2) is 19.3 Å². The van der Waals surface area contributed by atoms with Crippen molar-refractivity contribution in [3.8, 4) is 5.75 Å². The molecule has 1 saturated heterocycles. The Kier molecular flexibility index (Phi) is 2.38. The number of hydrogen-bond acceptors (Lipinski definition) is 2. The van der Waals surface area contributed by atoms with Gasteiger partial charge in [-0.3, -0.25) is 0 Å². The van der Waals surface area contributed by atoms with Gasteiger partial charge in [0.15, 0.2) is 0 Å². The van der Waals surface area contributed by atoms with Crippen LogP contribution in [0.25, 0.3) is 0 Å². The van der Waals surface area contributed by atoms with E-state index in [0.29, 0.717) is 10.8 Å². The van der Waals surface area contributed by atoms with Gasteiger partial charge in [-0.05, 0) is 84.5 Å². The molecular weight excluding hydrogens is 296 g/mol. The Morgan fingerprint density at radius 1 is 1.25 bits per heavy atom. The highest BCUT2D eigenvalue weighted by Crippen LogP contribution is 2.87. The van der Waals surface area contributed by atoms with E-state index in [-0.39, 0.29) is 5.60 Å². The van der Waals surface area contributed by atoms with E-state index in [2.05, 4.69) is 32.0 Å². The Balaban J connectivity index is 1.47. The molecule has 2 spiro atoms. The molecule has 2 nitrogen and oxygen atoms in total. The van der Waals surface area contributed by atoms with Crippen LogP contribution >= 0.6 is 0 Å². The van der Waals surface area contributed by atoms with Crippen molar-refractivity contribution in [1.29, 1.82) is 0 Å². The zero-order valence-corrected chi connectivity index (χ0v) is 15.1. The van der Waals surface area contributed by atoms with E-state index in [9.17, 15) is 0 Å². The molecule has 1 heterocycles. The van der Waals surface area contributed by atoms with Gasteiger partial charge in [-0.1, -0.05) is 19.9 Å². The Hall–Kier alpha value is -1.02. The van der Waals surface area contributed by atoms with Gasteiger partial charge in [0.25, 0.3) is 0 Å². The summed E-state index contributed by atoms with van der Waals surface area (Å²) in [6, 6.07) is 6.87. The molecule has 0 unspecified atom stereocenters. The number of benzene rings is 1. The molecule has 6 rings (SSSR count). The van der Waals surface area contributed by atoms with Gasteiger partial charge in [-0.25, -0.2) is 0 Å². The van der Waals surface area contributed by atoms with Gasteiger partial charge < -0.3 is 9.47 Å². The van der Waals surface area contributed by atoms with Crippen LogP contribution in [0.4, 0.5) is 0 Å². The molecule has 3 saturated carbocycles. The van der Waals surface area contributed by atoms with E-state index in [1.54, 1.807) is 18.2 Å². The van der Waals surface area contributed by atoms with Crippen molar-refractivity contribution in [2.24, 2.45) is 28.6 Å². The minimum atomic E-state index is 0.279. The Labute approximate surface area is 144 Å². The van der Waals surface area contributed by atoms with Crippen LogP contribution in [0.3, 0.4) is 0 Å². The zero-order valence-electron chi connectivity index (χ0n) is 15.1. The molecule has 0 N–H and O–H groups in total. The molecule has 0 bridgehead atoms. The molecule has 4 aliphatic carbocycles. The maximum atomic E-state index is 6.12. The first kappa shape index (κ1) is 14.2. The third-order valence-corrected chi connectivity index (χ3v) is 9.14. The highest BCUT2D eigenvalue weighted by atomic mass is 16.6. The highest BCUT2D eigenvalue weighted by molar-refractivity contribution is 5.44. The van der Waals surface area contributed by atoms with Gasteiger partial charge >= 0.3 is 0 Å². The number of methoxy groups -OCH3 is 1. The van der Waals surface area contributed by atoms with Gasteiger partial charge in [0, 0.05) is 5.41 Å². The van der Waals surface area contributed by atoms with E-state index < -0.39 is 0 Å². The van der Waals surface area contributed by atoms with Crippen LogP contribution in [0.1, 0.15) is 56.6 Å². The van der Waals surface area contributed by atoms with Crippen molar-refractivity contribution >= 4 is 0 Å². The first-order valence-corrected chi connectivity index (χ1v) is 9.85. The molecule has 0 amide bonds. The molecule has 1 aliphatic heterocycles. The molecule has 7 atom stereocenters. The second-order valence-electron chi connectivity index (χ2n) is 9.68. The van der Waals surface area contributed by atoms with Crippen molar-refractivity contribution in [3.63, 3.8) is 0 Å². The second kappa shape index (κ2) is 4.03. The summed E-state index contributed by atoms with van der Waals surface area (Å²) in [5.41, 5.74) is 4.50. The summed E-state index contributed by atoms with van der Waals surface area (Å²) in [5.74, 6) is 4.38. The molecule has 128 valence electrons. The molecule has 1 aromatic rings. The smallest absolute Gasteiger partial charge is 0.119 e. The fraction of sp³-hybridized carbons (Fsp3) is 0.727. The summed E-state index contributed by atoms with van der Waals surface area (Å²) in [6.45, 7) is 6.16. The lowest BCUT2D eigenvalue weighted by atomic mass is 9.49. The van der Waals surface area contributed by atoms with Crippen LogP contribution in [0, 0.1) is 28.6 Å². The summed E-state index contributed by atoms with van der Waals surface area (Å²) in [5, 5.41) is 0. The molecule has 5 aliphatic rings. The predicted molar refractivity (Wildman–Crippen MR) is 93.3 cm³/mol. The van der Waals surface area contributed by atoms with E-state index in [4.69, 9.17) is 9.47 Å². The molecule has 1 aromatic carbocycles. The average Bonchev–Trinajstić information content (AvgIpc) is 3.48. The van der Waals surface area contributed by atoms with Crippen LogP contribution < -0.4 is 4.74 Å². The fourth-order valence-corrected chi connectivity index (χ4v) is 8.04. The molecule has 0 aromatic heterocycles. The third kappa shape index (κ3) is 1.34. The first-order valence-electron chi connectivity index (χ1n) is 9.85. The maximum Gasteiger partial charge on any atom is 0.119 e. The summed E-state index contributed by atoms with van der Waals surface area (Å²) in [6.07, 6.45) is 6.78. The van der Waals surface area contributed by atoms with Gasteiger partial charge in [0.1, 0.15) is 5.75 Å². The number of fused-ring (bicyclic) bond motifs is 4. The van der Waals surface area contributed by atoms with E-state index in [0.717, 1.165) is 36.0 Å². The Bertz CT molecular complexity index is 735. The van der Waals surface area contributed by atoms with Crippen LogP contribution in [0.15, 0.2) is 18.2 Å². The fourth-order valence-electron chi connectivity index (χ4n) is 8.04. The summed E-state index contributed by atoms with van der Waals surface area (Å²) in [7, 11) is 1.78. The Morgan fingerprint density at radius 2 is 2.08 bits per heavy atom. The quantitative estimate of drug-likeness (QED) is 0.706. The minimum Gasteiger partial charge on any atom is -0.497 e. The lowest BCUT2D eigenvalue weighted by Crippen LogP contribution is -2.51. The van der Waals surface area contributed by atoms with E-state index >= 15 is 0 Å². The van der Waals surface area contributed by atoms with Gasteiger partial charge in [0.05, 0.1) is 19.3 Å². The monoisotopic (exact) mass is 324 g/mol. The number of hydrogen-bond donors (Lipinski definition) is 0. The number of rotatable bonds is 1. The standard InChI is InChI=1S/C22H28O2/c1-13-8-14-9-16(23-3)4-5-17(14)18-6-7-20(2)21(12-24-21)10-15-11-22(15,20)19(13)18/h4-5,9,13,15,18-19H,6-8,10-12H2,1-3H3/t13-,15-,18-,19-,20-,21-,22-/m1/s1. The van der Waals surface area contributed by atoms with Gasteiger partial charge in [-0.15, -0.1) is 0 Å². The largest absolute Gasteiger partial charge is 0.497 e. The van der Waals surface area contributed by atoms with Crippen molar-refractivity contribution in [1.82, 2.24) is 0 Å². The third-order valence-electron chi connectivity index (χ3n) is 9.14. The number of epoxide rings is 1. The topological polar surface area (TPSA) is 21.8 Å². The number of ether oxygens (including phenoxy) is 2. The van der Waals surface area contributed by atoms with Crippen molar-refractivity contribution in [2.45, 2.75) is 57.5 Å². The lowest BCUT2D eigenvalue weighted by molar-refractivity contribution is -0.0434. The predicted octanol–water partition coefficient (Wildman–Crippen LogP) is 4.57. The van der Waals surface area contributed by atoms with Crippen molar-refractivity contribution in [2.75, 3.05) is 13.7 Å². The van der Waals surface area contributed by atoms with E-state index in [1.807, 2.05) is 0 Å². The maximum absolute atomic E-state index is 6.12. The minimum absolute atomic E-state index is 0.279. The second-order valence-corrected chi connectivity index (χ2v) is 9.68. The normalized spacial score (nSPS) is 53.0. The summed E-state index contributed by atoms with van der Waals surface area (Å²) in [4.78, 5) is 0. The molecule has 4 fully saturated rings. The first-order chi connectivity index (χ1) is 11.5. The van der Waals surface area contributed by atoms with Gasteiger partial charge in [0.2, 0.25) is 0 Å². The van der Waals surface area contributed by atoms with Crippen LogP contribution in [0.5, 0.6) is 5.75 Å². The molecule has 24 heavy (non-hydrogen) atoms. The van der Waals surface area contributed by atoms with Crippen LogP contribution in [0.2, 0.25) is 0 Å². The van der Waals surface area contributed by atoms with Crippen molar-refractivity contribution < 1.29 is 9.47 Å². The Morgan fingerprint density at radius 3 is 2.83 bits per heavy atom. The molecular formula is C22H28O2. The summed E-state index contributed by atoms with van der Waals surface area (Å²) < 4.78 is 11.6. The SMILES string of the molecule is COc1ccc2c(c1)C[C@@H](C)[C@@H]1[C@@H]2CC[C@]2(C)[C@]3(CO3)C[C@@H]3C[C@@]312. The lowest BCUT2D eigenvalue weighted by Gasteiger charge is -2.55. The van der Waals surface area contributed by atoms with Crippen molar-refractivity contribution in [3.05, 3.63) is 29.3 Å². The average molecular weight is 324 g/mol. The summed E-state index contributed by atoms with van der Waals surface area (Å²) >= 11 is 0. The van der Waals surface area contributed by atoms with Gasteiger partial charge in [-0.2, -0.15) is 0 Å². The van der Waals surface area contributed by atoms with Crippen LogP contribution in [-0.2, 0) is 11.2 Å². The zero-order chi connectivity index (χ0) is 16.3. The highest BCUT2D eigenvalue weighted by Gasteiger charge is 2.85. The molecule has 2 heteroatoms. The van der Waals surface area contributed by atoms with E-state index in [1.165, 1.54) is 32.1 Å². The molecule has 0 radical (unpaired) electrons.